The van der Waals surface area contributed by atoms with Crippen LogP contribution in [0.15, 0.2) is 24.5 Å². The number of hydrogen-bond donors (Lipinski definition) is 1. The van der Waals surface area contributed by atoms with E-state index in [1.54, 1.807) is 6.20 Å². The molecule has 2 aliphatic rings. The minimum Gasteiger partial charge on any atom is -0.381 e. The lowest BCUT2D eigenvalue weighted by Crippen LogP contribution is -2.37. The zero-order valence-corrected chi connectivity index (χ0v) is 13.2. The van der Waals surface area contributed by atoms with Crippen LogP contribution in [-0.2, 0) is 24.4 Å². The molecule has 4 heterocycles. The smallest absolute Gasteiger partial charge is 0.152 e. The van der Waals surface area contributed by atoms with E-state index in [9.17, 15) is 0 Å². The predicted molar refractivity (Wildman–Crippen MR) is 85.8 cm³/mol. The summed E-state index contributed by atoms with van der Waals surface area (Å²) in [5.74, 6) is 2.74. The molecule has 4 rings (SSSR count). The van der Waals surface area contributed by atoms with Crippen molar-refractivity contribution in [3.8, 4) is 0 Å². The lowest BCUT2D eigenvalue weighted by Gasteiger charge is -2.29. The van der Waals surface area contributed by atoms with Crippen LogP contribution in [0.1, 0.15) is 18.1 Å². The molecule has 0 spiro atoms. The Morgan fingerprint density at radius 1 is 1.30 bits per heavy atom. The van der Waals surface area contributed by atoms with E-state index in [0.29, 0.717) is 12.5 Å². The van der Waals surface area contributed by atoms with Crippen LogP contribution in [0.2, 0.25) is 0 Å². The number of anilines is 1. The first-order chi connectivity index (χ1) is 11.4. The van der Waals surface area contributed by atoms with Gasteiger partial charge in [0.1, 0.15) is 5.82 Å². The van der Waals surface area contributed by atoms with E-state index in [-0.39, 0.29) is 0 Å². The minimum atomic E-state index is 0.676. The molecule has 0 aromatic carbocycles. The molecule has 7 heteroatoms. The Bertz CT molecular complexity index is 637. The quantitative estimate of drug-likeness (QED) is 0.892. The number of ether oxygens (including phenoxy) is 1. The van der Waals surface area contributed by atoms with E-state index >= 15 is 0 Å². The molecule has 1 unspecified atom stereocenters. The van der Waals surface area contributed by atoms with Crippen LogP contribution in [0.4, 0.5) is 5.69 Å². The largest absolute Gasteiger partial charge is 0.381 e. The van der Waals surface area contributed by atoms with Crippen molar-refractivity contribution in [2.24, 2.45) is 5.92 Å². The molecule has 1 N–H and O–H groups in total. The zero-order valence-electron chi connectivity index (χ0n) is 13.2. The van der Waals surface area contributed by atoms with E-state index in [0.717, 1.165) is 56.7 Å². The first kappa shape index (κ1) is 14.6. The van der Waals surface area contributed by atoms with Gasteiger partial charge < -0.3 is 14.6 Å². The number of rotatable bonds is 5. The summed E-state index contributed by atoms with van der Waals surface area (Å²) in [6.45, 7) is 6.51. The lowest BCUT2D eigenvalue weighted by atomic mass is 10.1. The average molecular weight is 314 g/mol. The van der Waals surface area contributed by atoms with Crippen molar-refractivity contribution >= 4 is 5.69 Å². The van der Waals surface area contributed by atoms with Crippen LogP contribution in [0, 0.1) is 5.92 Å². The molecule has 122 valence electrons. The Morgan fingerprint density at radius 2 is 2.30 bits per heavy atom. The van der Waals surface area contributed by atoms with Crippen molar-refractivity contribution in [3.63, 3.8) is 0 Å². The van der Waals surface area contributed by atoms with E-state index in [1.165, 1.54) is 6.42 Å². The monoisotopic (exact) mass is 314 g/mol. The number of aromatic nitrogens is 4. The highest BCUT2D eigenvalue weighted by Gasteiger charge is 2.24. The first-order valence-corrected chi connectivity index (χ1v) is 8.23. The van der Waals surface area contributed by atoms with Gasteiger partial charge >= 0.3 is 0 Å². The van der Waals surface area contributed by atoms with Crippen LogP contribution in [0.5, 0.6) is 0 Å². The fraction of sp³-hybridized carbons (Fsp3) is 0.562. The third-order valence-electron chi connectivity index (χ3n) is 4.56. The SMILES string of the molecule is c1cncc(NCc2nnc3n2CCN(CC2CCOC2)C3)c1. The molecule has 1 fully saturated rings. The first-order valence-electron chi connectivity index (χ1n) is 8.23. The summed E-state index contributed by atoms with van der Waals surface area (Å²) in [5.41, 5.74) is 1.00. The Balaban J connectivity index is 1.36. The highest BCUT2D eigenvalue weighted by molar-refractivity contribution is 5.39. The van der Waals surface area contributed by atoms with E-state index in [2.05, 4.69) is 30.0 Å². The molecule has 0 radical (unpaired) electrons. The van der Waals surface area contributed by atoms with Gasteiger partial charge in [0.15, 0.2) is 5.82 Å². The summed E-state index contributed by atoms with van der Waals surface area (Å²) < 4.78 is 7.71. The van der Waals surface area contributed by atoms with Crippen LogP contribution in [-0.4, -0.2) is 51.0 Å². The highest BCUT2D eigenvalue weighted by Crippen LogP contribution is 2.18. The molecular formula is C16H22N6O. The number of nitrogens with zero attached hydrogens (tertiary/aromatic N) is 5. The third kappa shape index (κ3) is 3.35. The summed E-state index contributed by atoms with van der Waals surface area (Å²) in [4.78, 5) is 6.58. The second-order valence-corrected chi connectivity index (χ2v) is 6.24. The fourth-order valence-electron chi connectivity index (χ4n) is 3.30. The van der Waals surface area contributed by atoms with Gasteiger partial charge in [-0.25, -0.2) is 0 Å². The van der Waals surface area contributed by atoms with Gasteiger partial charge in [-0.05, 0) is 24.5 Å². The number of fused-ring (bicyclic) bond motifs is 1. The van der Waals surface area contributed by atoms with Crippen LogP contribution >= 0.6 is 0 Å². The maximum atomic E-state index is 5.47. The second kappa shape index (κ2) is 6.64. The highest BCUT2D eigenvalue weighted by atomic mass is 16.5. The minimum absolute atomic E-state index is 0.676. The van der Waals surface area contributed by atoms with Crippen LogP contribution in [0.3, 0.4) is 0 Å². The van der Waals surface area contributed by atoms with E-state index in [1.807, 2.05) is 18.3 Å². The van der Waals surface area contributed by atoms with Gasteiger partial charge in [0.2, 0.25) is 0 Å². The van der Waals surface area contributed by atoms with Crippen molar-refractivity contribution in [1.29, 1.82) is 0 Å². The summed E-state index contributed by atoms with van der Waals surface area (Å²) >= 11 is 0. The molecule has 1 saturated heterocycles. The molecule has 2 aromatic heterocycles. The molecule has 1 atom stereocenters. The summed E-state index contributed by atoms with van der Waals surface area (Å²) in [6.07, 6.45) is 4.77. The Labute approximate surface area is 135 Å². The Hall–Kier alpha value is -1.99. The van der Waals surface area contributed by atoms with Crippen LogP contribution < -0.4 is 5.32 Å². The molecule has 2 aromatic rings. The van der Waals surface area contributed by atoms with Gasteiger partial charge in [0, 0.05) is 38.6 Å². The van der Waals surface area contributed by atoms with E-state index < -0.39 is 0 Å². The van der Waals surface area contributed by atoms with E-state index in [4.69, 9.17) is 4.74 Å². The Kier molecular flexibility index (Phi) is 4.21. The number of pyridine rings is 1. The maximum Gasteiger partial charge on any atom is 0.152 e. The van der Waals surface area contributed by atoms with Gasteiger partial charge in [-0.2, -0.15) is 0 Å². The van der Waals surface area contributed by atoms with Crippen molar-refractivity contribution < 1.29 is 4.74 Å². The average Bonchev–Trinajstić information content (AvgIpc) is 3.23. The van der Waals surface area contributed by atoms with Crippen molar-refractivity contribution in [3.05, 3.63) is 36.2 Å². The van der Waals surface area contributed by atoms with Gasteiger partial charge in [0.25, 0.3) is 0 Å². The predicted octanol–water partition coefficient (Wildman–Crippen LogP) is 1.14. The number of nitrogens with one attached hydrogen (secondary N) is 1. The summed E-state index contributed by atoms with van der Waals surface area (Å²) in [7, 11) is 0. The second-order valence-electron chi connectivity index (χ2n) is 6.24. The standard InChI is InChI=1S/C16H22N6O/c1-2-14(8-17-4-1)18-9-15-19-20-16-11-21(5-6-22(15)16)10-13-3-7-23-12-13/h1-2,4,8,13,18H,3,5-7,9-12H2. The van der Waals surface area contributed by atoms with Gasteiger partial charge in [-0.1, -0.05) is 0 Å². The summed E-state index contributed by atoms with van der Waals surface area (Å²) in [6, 6.07) is 3.93. The molecule has 0 bridgehead atoms. The van der Waals surface area contributed by atoms with Crippen LogP contribution in [0.25, 0.3) is 0 Å². The Morgan fingerprint density at radius 3 is 3.13 bits per heavy atom. The van der Waals surface area contributed by atoms with Crippen molar-refractivity contribution in [2.75, 3.05) is 31.6 Å². The normalized spacial score (nSPS) is 21.3. The molecule has 23 heavy (non-hydrogen) atoms. The fourth-order valence-corrected chi connectivity index (χ4v) is 3.30. The molecule has 7 nitrogen and oxygen atoms in total. The molecule has 0 saturated carbocycles. The molecule has 2 aliphatic heterocycles. The van der Waals surface area contributed by atoms with Gasteiger partial charge in [-0.15, -0.1) is 10.2 Å². The van der Waals surface area contributed by atoms with Gasteiger partial charge in [0.05, 0.1) is 25.4 Å². The molecule has 0 amide bonds. The molecule has 0 aliphatic carbocycles. The topological polar surface area (TPSA) is 68.1 Å². The van der Waals surface area contributed by atoms with Crippen molar-refractivity contribution in [1.82, 2.24) is 24.6 Å². The zero-order chi connectivity index (χ0) is 15.5. The molecular weight excluding hydrogens is 292 g/mol. The maximum absolute atomic E-state index is 5.47. The lowest BCUT2D eigenvalue weighted by molar-refractivity contribution is 0.152. The van der Waals surface area contributed by atoms with Gasteiger partial charge in [-0.3, -0.25) is 9.88 Å². The summed E-state index contributed by atoms with van der Waals surface area (Å²) in [5, 5.41) is 12.1. The third-order valence-corrected chi connectivity index (χ3v) is 4.56. The van der Waals surface area contributed by atoms with Crippen molar-refractivity contribution in [2.45, 2.75) is 26.1 Å². The number of hydrogen-bond acceptors (Lipinski definition) is 6.